The van der Waals surface area contributed by atoms with Crippen molar-refractivity contribution in [3.63, 3.8) is 0 Å². The second kappa shape index (κ2) is 34.0. The Balaban J connectivity index is -0.000000106. The van der Waals surface area contributed by atoms with Gasteiger partial charge in [0.2, 0.25) is 0 Å². The Hall–Kier alpha value is -3.48. The van der Waals surface area contributed by atoms with E-state index >= 15 is 0 Å². The van der Waals surface area contributed by atoms with E-state index in [4.69, 9.17) is 21.5 Å². The number of amides is 1. The molecule has 1 amide bonds. The number of halogens is 2. The van der Waals surface area contributed by atoms with Gasteiger partial charge >= 0.3 is 36.0 Å². The Morgan fingerprint density at radius 1 is 0.682 bits per heavy atom. The molecule has 0 unspecified atom stereocenters. The number of methoxy groups -OCH3 is 1. The Bertz CT molecular complexity index is 754. The lowest BCUT2D eigenvalue weighted by Gasteiger charge is -2.19. The van der Waals surface area contributed by atoms with Gasteiger partial charge in [-0.25, -0.2) is 34.2 Å². The summed E-state index contributed by atoms with van der Waals surface area (Å²) in [5, 5.41) is 7.97. The number of carbonyl (C=O) groups excluding carboxylic acids is 6. The van der Waals surface area contributed by atoms with Gasteiger partial charge in [-0.15, -0.1) is 12.4 Å². The molecule has 0 aromatic carbocycles. The third-order valence-corrected chi connectivity index (χ3v) is 2.63. The van der Waals surface area contributed by atoms with E-state index in [1.54, 1.807) is 69.2 Å². The van der Waals surface area contributed by atoms with E-state index < -0.39 is 53.8 Å². The summed E-state index contributed by atoms with van der Waals surface area (Å²) in [4.78, 5) is 64.9. The largest absolute Gasteiger partial charge is 0.527 e. The zero-order valence-corrected chi connectivity index (χ0v) is 28.5. The van der Waals surface area contributed by atoms with Gasteiger partial charge in [-0.2, -0.15) is 5.90 Å². The molecule has 44 heavy (non-hydrogen) atoms. The highest BCUT2D eigenvalue weighted by atomic mass is 35.5. The van der Waals surface area contributed by atoms with Crippen LogP contribution in [0.25, 0.3) is 0 Å². The summed E-state index contributed by atoms with van der Waals surface area (Å²) in [6.07, 6.45) is -3.16. The summed E-state index contributed by atoms with van der Waals surface area (Å²) in [5.74, 6) is 3.79. The summed E-state index contributed by atoms with van der Waals surface area (Å²) in [6, 6.07) is 0. The van der Waals surface area contributed by atoms with Gasteiger partial charge < -0.3 is 42.7 Å². The van der Waals surface area contributed by atoms with Crippen LogP contribution in [0, 0.1) is 0 Å². The van der Waals surface area contributed by atoms with E-state index in [0.717, 1.165) is 0 Å². The lowest BCUT2D eigenvalue weighted by molar-refractivity contribution is -0.159. The number of carbonyl (C=O) groups is 6. The molecule has 0 aliphatic heterocycles. The Kier molecular flexibility index (Phi) is 41.1. The number of esters is 1. The van der Waals surface area contributed by atoms with Crippen molar-refractivity contribution in [2.75, 3.05) is 40.1 Å². The number of nitrogens with one attached hydrogen (secondary N) is 1. The second-order valence-electron chi connectivity index (χ2n) is 8.53. The monoisotopic (exact) mass is 690 g/mol. The molecule has 0 radical (unpaired) electrons. The molecule has 0 heterocycles. The molecule has 4 N–H and O–H groups in total. The first-order valence-electron chi connectivity index (χ1n) is 12.4. The van der Waals surface area contributed by atoms with Crippen LogP contribution in [0.5, 0.6) is 0 Å². The Morgan fingerprint density at radius 2 is 1.07 bits per heavy atom. The van der Waals surface area contributed by atoms with Crippen LogP contribution in [-0.2, 0) is 47.5 Å². The molecule has 0 saturated heterocycles. The molecule has 0 aliphatic carbocycles. The first-order valence-corrected chi connectivity index (χ1v) is 12.8. The van der Waals surface area contributed by atoms with Gasteiger partial charge in [0, 0.05) is 11.6 Å². The van der Waals surface area contributed by atoms with Crippen LogP contribution in [0.2, 0.25) is 0 Å². The van der Waals surface area contributed by atoms with E-state index in [1.165, 1.54) is 12.6 Å². The van der Waals surface area contributed by atoms with E-state index in [1.807, 2.05) is 0 Å². The summed E-state index contributed by atoms with van der Waals surface area (Å²) < 4.78 is 35.2. The molecule has 0 aromatic heterocycles. The molecule has 0 aromatic rings. The minimum Gasteiger partial charge on any atom is -0.457 e. The topological polar surface area (TPSA) is 244 Å². The van der Waals surface area contributed by atoms with Gasteiger partial charge in [0.15, 0.2) is 6.61 Å². The van der Waals surface area contributed by atoms with Gasteiger partial charge in [0.25, 0.3) is 0 Å². The van der Waals surface area contributed by atoms with Crippen LogP contribution in [0.1, 0.15) is 69.2 Å². The van der Waals surface area contributed by atoms with Gasteiger partial charge in [-0.3, -0.25) is 5.21 Å². The molecular formula is C24H48Cl2N2O16. The van der Waals surface area contributed by atoms with Crippen molar-refractivity contribution in [2.45, 2.75) is 80.4 Å². The second-order valence-corrected chi connectivity index (χ2v) is 8.84. The normalized spacial score (nSPS) is 9.05. The van der Waals surface area contributed by atoms with Crippen molar-refractivity contribution in [1.29, 1.82) is 0 Å². The number of hydroxylamine groups is 1. The van der Waals surface area contributed by atoms with Gasteiger partial charge in [0.1, 0.15) is 11.2 Å². The predicted octanol–water partition coefficient (Wildman–Crippen LogP) is 5.03. The number of hydrogen-bond donors (Lipinski definition) is 3. The lowest BCUT2D eigenvalue weighted by Crippen LogP contribution is -2.30. The van der Waals surface area contributed by atoms with Crippen molar-refractivity contribution in [3.8, 4) is 0 Å². The number of nitrogens with two attached hydrogens (primary N) is 1. The van der Waals surface area contributed by atoms with Crippen molar-refractivity contribution >= 4 is 60.0 Å². The average Bonchev–Trinajstić information content (AvgIpc) is 2.87. The van der Waals surface area contributed by atoms with Crippen LogP contribution in [-0.4, -0.2) is 92.5 Å². The Labute approximate surface area is 268 Å². The predicted molar refractivity (Wildman–Crippen MR) is 156 cm³/mol. The molecule has 264 valence electrons. The molecular weight excluding hydrogens is 643 g/mol. The van der Waals surface area contributed by atoms with E-state index in [0.29, 0.717) is 13.2 Å². The quantitative estimate of drug-likeness (QED) is 0.109. The first-order chi connectivity index (χ1) is 19.7. The molecule has 0 atom stereocenters. The fourth-order valence-electron chi connectivity index (χ4n) is 1.39. The molecule has 18 nitrogen and oxygen atoms in total. The van der Waals surface area contributed by atoms with Crippen LogP contribution in [0.15, 0.2) is 0 Å². The maximum Gasteiger partial charge on any atom is 0.527 e. The van der Waals surface area contributed by atoms with Crippen molar-refractivity contribution in [3.05, 3.63) is 0 Å². The van der Waals surface area contributed by atoms with E-state index in [-0.39, 0.29) is 25.6 Å². The first kappa shape index (κ1) is 53.1. The molecule has 0 bridgehead atoms. The molecule has 0 saturated carbocycles. The zero-order chi connectivity index (χ0) is 35.1. The van der Waals surface area contributed by atoms with Crippen LogP contribution in [0.3, 0.4) is 0 Å². The third kappa shape index (κ3) is 62.2. The minimum atomic E-state index is -0.863. The molecule has 0 fully saturated rings. The van der Waals surface area contributed by atoms with Gasteiger partial charge in [-0.1, -0.05) is 0 Å². The number of rotatable bonds is 6. The van der Waals surface area contributed by atoms with Crippen molar-refractivity contribution in [1.82, 2.24) is 5.48 Å². The lowest BCUT2D eigenvalue weighted by atomic mass is 10.2. The highest BCUT2D eigenvalue weighted by Gasteiger charge is 2.17. The number of ether oxygens (including phenoxy) is 8. The summed E-state index contributed by atoms with van der Waals surface area (Å²) in [5.41, 5.74) is -0.501. The van der Waals surface area contributed by atoms with E-state index in [2.05, 4.69) is 43.9 Å². The van der Waals surface area contributed by atoms with Crippen LogP contribution in [0.4, 0.5) is 24.0 Å². The van der Waals surface area contributed by atoms with E-state index in [9.17, 15) is 28.8 Å². The third-order valence-electron chi connectivity index (χ3n) is 2.53. The molecule has 0 aliphatic rings. The molecule has 0 spiro atoms. The fourth-order valence-corrected chi connectivity index (χ4v) is 1.50. The van der Waals surface area contributed by atoms with Crippen molar-refractivity contribution < 1.29 is 76.7 Å². The fraction of sp³-hybridized carbons (Fsp3) is 0.750. The summed E-state index contributed by atoms with van der Waals surface area (Å²) in [6.45, 7) is 17.9. The van der Waals surface area contributed by atoms with Gasteiger partial charge in [0.05, 0.1) is 33.5 Å². The summed E-state index contributed by atoms with van der Waals surface area (Å²) in [7, 11) is 1.28. The van der Waals surface area contributed by atoms with Crippen LogP contribution < -0.4 is 11.4 Å². The smallest absolute Gasteiger partial charge is 0.457 e. The van der Waals surface area contributed by atoms with Crippen molar-refractivity contribution in [2.24, 2.45) is 5.90 Å². The highest BCUT2D eigenvalue weighted by Crippen LogP contribution is 2.07. The standard InChI is InChI=1S/C9H16O5.C5H11NO3.C4H8O3.C3H5ClO2.C3H7NO3.ClH/c1-5-12-8(11)13-6-7(10)14-9(2,3)4;1-5(2,3)9-4(7)6-8;1-3-7-4(5)6-2;1-2-6-3(4)5;1-2-6-3(5)7-4;/h5-6H2,1-4H3;8H,1-3H3,(H,6,7);3H2,1-2H3;2H2,1H3;2,4H2,1H3;1H. The average molecular weight is 692 g/mol. The summed E-state index contributed by atoms with van der Waals surface area (Å²) >= 11 is 4.72. The zero-order valence-electron chi connectivity index (χ0n) is 27.0. The maximum absolute atomic E-state index is 11.0. The van der Waals surface area contributed by atoms with Crippen LogP contribution >= 0.6 is 24.0 Å². The highest BCUT2D eigenvalue weighted by molar-refractivity contribution is 6.61. The number of hydrogen-bond acceptors (Lipinski definition) is 17. The molecule has 0 rings (SSSR count). The molecule has 20 heteroatoms. The Morgan fingerprint density at radius 3 is 1.27 bits per heavy atom. The maximum atomic E-state index is 11.0. The SMILES string of the molecule is CC(C)(C)OC(=O)NO.CCOC(=O)Cl.CCOC(=O)OC.CCOC(=O)OCC(=O)OC(C)(C)C.CCOC(=O)ON.Cl. The van der Waals surface area contributed by atoms with Gasteiger partial charge in [-0.05, 0) is 69.2 Å². The minimum absolute atomic E-state index is 0.